The van der Waals surface area contributed by atoms with E-state index in [-0.39, 0.29) is 18.1 Å². The number of methoxy groups -OCH3 is 1. The van der Waals surface area contributed by atoms with Crippen molar-refractivity contribution in [3.8, 4) is 0 Å². The van der Waals surface area contributed by atoms with Gasteiger partial charge in [-0.3, -0.25) is 9.69 Å². The second-order valence-corrected chi connectivity index (χ2v) is 6.66. The van der Waals surface area contributed by atoms with Gasteiger partial charge in [0.05, 0.1) is 12.5 Å². The van der Waals surface area contributed by atoms with Crippen LogP contribution in [0.3, 0.4) is 0 Å². The molecule has 1 fully saturated rings. The largest absolute Gasteiger partial charge is 0.381 e. The van der Waals surface area contributed by atoms with E-state index in [4.69, 9.17) is 17.0 Å². The van der Waals surface area contributed by atoms with Gasteiger partial charge in [-0.15, -0.1) is 0 Å². The standard InChI is InChI=1S/C13H23NO2S2/c1-5-6-10(16-4)7-12(15)14-11(9(2)3)8-18-13(14)17/h9-11H,5-8H2,1-4H3/t10-,11-/m1/s1. The summed E-state index contributed by atoms with van der Waals surface area (Å²) >= 11 is 6.91. The van der Waals surface area contributed by atoms with Crippen LogP contribution < -0.4 is 0 Å². The summed E-state index contributed by atoms with van der Waals surface area (Å²) in [4.78, 5) is 14.2. The summed E-state index contributed by atoms with van der Waals surface area (Å²) in [6, 6.07) is 0.245. The van der Waals surface area contributed by atoms with Crippen LogP contribution in [0, 0.1) is 5.92 Å². The van der Waals surface area contributed by atoms with Gasteiger partial charge >= 0.3 is 0 Å². The minimum Gasteiger partial charge on any atom is -0.381 e. The van der Waals surface area contributed by atoms with Gasteiger partial charge in [0.25, 0.3) is 0 Å². The quantitative estimate of drug-likeness (QED) is 0.703. The number of amides is 1. The lowest BCUT2D eigenvalue weighted by molar-refractivity contribution is -0.131. The highest BCUT2D eigenvalue weighted by Crippen LogP contribution is 2.30. The first-order valence-corrected chi connectivity index (χ1v) is 7.92. The molecule has 3 nitrogen and oxygen atoms in total. The van der Waals surface area contributed by atoms with E-state index >= 15 is 0 Å². The lowest BCUT2D eigenvalue weighted by atomic mass is 10.0. The van der Waals surface area contributed by atoms with Gasteiger partial charge in [0.2, 0.25) is 5.91 Å². The van der Waals surface area contributed by atoms with E-state index in [0.29, 0.717) is 12.3 Å². The fraction of sp³-hybridized carbons (Fsp3) is 0.846. The Labute approximate surface area is 120 Å². The summed E-state index contributed by atoms with van der Waals surface area (Å²) in [7, 11) is 1.67. The molecule has 0 aromatic carbocycles. The molecule has 0 aromatic rings. The molecule has 0 saturated carbocycles. The summed E-state index contributed by atoms with van der Waals surface area (Å²) in [5, 5.41) is 0. The normalized spacial score (nSPS) is 21.7. The molecular formula is C13H23NO2S2. The van der Waals surface area contributed by atoms with Crippen LogP contribution in [-0.2, 0) is 9.53 Å². The zero-order valence-corrected chi connectivity index (χ0v) is 13.3. The second-order valence-electron chi connectivity index (χ2n) is 5.00. The lowest BCUT2D eigenvalue weighted by Gasteiger charge is -2.27. The van der Waals surface area contributed by atoms with Gasteiger partial charge in [0, 0.05) is 18.9 Å². The predicted molar refractivity (Wildman–Crippen MR) is 80.9 cm³/mol. The maximum absolute atomic E-state index is 12.4. The molecule has 0 unspecified atom stereocenters. The number of nitrogens with zero attached hydrogens (tertiary/aromatic N) is 1. The lowest BCUT2D eigenvalue weighted by Crippen LogP contribution is -2.42. The molecule has 0 aliphatic carbocycles. The molecule has 0 bridgehead atoms. The molecule has 1 saturated heterocycles. The maximum Gasteiger partial charge on any atom is 0.230 e. The Morgan fingerprint density at radius 2 is 2.28 bits per heavy atom. The van der Waals surface area contributed by atoms with Crippen molar-refractivity contribution in [2.45, 2.75) is 52.2 Å². The Balaban J connectivity index is 2.66. The van der Waals surface area contributed by atoms with Crippen LogP contribution >= 0.6 is 24.0 Å². The van der Waals surface area contributed by atoms with Crippen LogP contribution in [0.4, 0.5) is 0 Å². The number of hydrogen-bond donors (Lipinski definition) is 0. The minimum absolute atomic E-state index is 0.0173. The van der Waals surface area contributed by atoms with Crippen molar-refractivity contribution in [2.75, 3.05) is 12.9 Å². The van der Waals surface area contributed by atoms with Gasteiger partial charge in [-0.1, -0.05) is 51.2 Å². The van der Waals surface area contributed by atoms with Crippen molar-refractivity contribution in [1.29, 1.82) is 0 Å². The van der Waals surface area contributed by atoms with E-state index in [0.717, 1.165) is 22.9 Å². The van der Waals surface area contributed by atoms with E-state index < -0.39 is 0 Å². The first-order valence-electron chi connectivity index (χ1n) is 6.52. The molecule has 1 aliphatic rings. The summed E-state index contributed by atoms with van der Waals surface area (Å²) in [5.74, 6) is 1.48. The van der Waals surface area contributed by atoms with E-state index in [1.54, 1.807) is 18.9 Å². The zero-order valence-electron chi connectivity index (χ0n) is 11.6. The Morgan fingerprint density at radius 3 is 2.78 bits per heavy atom. The minimum atomic E-state index is 0.0173. The van der Waals surface area contributed by atoms with Crippen molar-refractivity contribution in [1.82, 2.24) is 4.90 Å². The molecule has 0 radical (unpaired) electrons. The summed E-state index contributed by atoms with van der Waals surface area (Å²) in [6.07, 6.45) is 2.40. The van der Waals surface area contributed by atoms with Crippen molar-refractivity contribution in [3.63, 3.8) is 0 Å². The number of thioether (sulfide) groups is 1. The number of carbonyl (C=O) groups excluding carboxylic acids is 1. The first-order chi connectivity index (χ1) is 8.51. The highest BCUT2D eigenvalue weighted by molar-refractivity contribution is 8.23. The number of thiocarbonyl (C=S) groups is 1. The van der Waals surface area contributed by atoms with E-state index in [9.17, 15) is 4.79 Å². The second kappa shape index (κ2) is 7.46. The topological polar surface area (TPSA) is 29.5 Å². The molecule has 1 amide bonds. The van der Waals surface area contributed by atoms with E-state index in [1.807, 2.05) is 4.90 Å². The van der Waals surface area contributed by atoms with Crippen LogP contribution in [0.2, 0.25) is 0 Å². The molecule has 104 valence electrons. The highest BCUT2D eigenvalue weighted by atomic mass is 32.2. The average molecular weight is 289 g/mol. The summed E-state index contributed by atoms with van der Waals surface area (Å²) < 4.78 is 6.08. The third-order valence-corrected chi connectivity index (χ3v) is 4.79. The zero-order chi connectivity index (χ0) is 13.7. The molecule has 2 atom stereocenters. The van der Waals surface area contributed by atoms with Gasteiger partial charge in [-0.2, -0.15) is 0 Å². The molecule has 0 spiro atoms. The van der Waals surface area contributed by atoms with Crippen molar-refractivity contribution >= 4 is 34.2 Å². The van der Waals surface area contributed by atoms with Crippen LogP contribution in [0.1, 0.15) is 40.0 Å². The molecule has 5 heteroatoms. The third-order valence-electron chi connectivity index (χ3n) is 3.29. The molecule has 0 N–H and O–H groups in total. The number of carbonyl (C=O) groups is 1. The third kappa shape index (κ3) is 3.93. The molecule has 1 aliphatic heterocycles. The fourth-order valence-electron chi connectivity index (χ4n) is 2.13. The van der Waals surface area contributed by atoms with Gasteiger partial charge < -0.3 is 4.74 Å². The number of rotatable bonds is 6. The summed E-state index contributed by atoms with van der Waals surface area (Å²) in [5.41, 5.74) is 0. The first kappa shape index (κ1) is 15.9. The van der Waals surface area contributed by atoms with Crippen LogP contribution in [0.5, 0.6) is 0 Å². The van der Waals surface area contributed by atoms with Crippen LogP contribution in [0.15, 0.2) is 0 Å². The Bertz CT molecular complexity index is 307. The Morgan fingerprint density at radius 1 is 1.61 bits per heavy atom. The average Bonchev–Trinajstić information content (AvgIpc) is 2.70. The van der Waals surface area contributed by atoms with E-state index in [1.165, 1.54) is 0 Å². The smallest absolute Gasteiger partial charge is 0.230 e. The SMILES string of the molecule is CCC[C@H](CC(=O)N1C(=S)SC[C@@H]1C(C)C)OC. The van der Waals surface area contributed by atoms with Gasteiger partial charge in [0.15, 0.2) is 0 Å². The van der Waals surface area contributed by atoms with Crippen molar-refractivity contribution in [2.24, 2.45) is 5.92 Å². The number of ether oxygens (including phenoxy) is 1. The van der Waals surface area contributed by atoms with E-state index in [2.05, 4.69) is 20.8 Å². The molecular weight excluding hydrogens is 266 g/mol. The highest BCUT2D eigenvalue weighted by Gasteiger charge is 2.36. The van der Waals surface area contributed by atoms with Gasteiger partial charge in [-0.05, 0) is 12.3 Å². The fourth-order valence-corrected chi connectivity index (χ4v) is 3.80. The Hall–Kier alpha value is -0.130. The predicted octanol–water partition coefficient (Wildman–Crippen LogP) is 3.08. The van der Waals surface area contributed by atoms with Crippen molar-refractivity contribution in [3.05, 3.63) is 0 Å². The van der Waals surface area contributed by atoms with Crippen LogP contribution in [0.25, 0.3) is 0 Å². The van der Waals surface area contributed by atoms with Gasteiger partial charge in [0.1, 0.15) is 4.32 Å². The molecule has 0 aromatic heterocycles. The molecule has 18 heavy (non-hydrogen) atoms. The summed E-state index contributed by atoms with van der Waals surface area (Å²) in [6.45, 7) is 6.38. The monoisotopic (exact) mass is 289 g/mol. The van der Waals surface area contributed by atoms with Crippen LogP contribution in [-0.4, -0.2) is 40.1 Å². The van der Waals surface area contributed by atoms with Crippen molar-refractivity contribution < 1.29 is 9.53 Å². The van der Waals surface area contributed by atoms with Gasteiger partial charge in [-0.25, -0.2) is 0 Å². The Kier molecular flexibility index (Phi) is 6.60. The molecule has 1 rings (SSSR count). The molecule has 1 heterocycles. The maximum atomic E-state index is 12.4. The number of hydrogen-bond acceptors (Lipinski definition) is 4.